The van der Waals surface area contributed by atoms with E-state index in [0.717, 1.165) is 78.2 Å². The predicted octanol–water partition coefficient (Wildman–Crippen LogP) is 33.1. The summed E-state index contributed by atoms with van der Waals surface area (Å²) in [4.78, 5) is 52.2. The van der Waals surface area contributed by atoms with Crippen LogP contribution in [0.25, 0.3) is 0 Å². The third kappa shape index (κ3) is 74.1. The third-order valence-electron chi connectivity index (χ3n) is 26.2. The molecule has 0 saturated heterocycles. The molecule has 114 heavy (non-hydrogen) atoms. The van der Waals surface area contributed by atoms with Gasteiger partial charge in [0.1, 0.15) is 18.3 Å². The molecule has 0 spiro atoms. The molecule has 1 rings (SSSR count). The van der Waals surface area contributed by atoms with Crippen molar-refractivity contribution in [2.75, 3.05) is 58.9 Å². The number of unbranched alkanes of at least 4 members (excludes halogenated alkanes) is 66. The number of hydrogen-bond acceptors (Lipinski definition) is 9. The fourth-order valence-electron chi connectivity index (χ4n) is 18.1. The molecule has 0 radical (unpaired) electrons. The quantitative estimate of drug-likeness (QED) is 0.0336. The van der Waals surface area contributed by atoms with E-state index in [0.29, 0.717) is 19.3 Å². The minimum Gasteiger partial charge on any atom is -0.462 e. The van der Waals surface area contributed by atoms with E-state index in [1.807, 2.05) is 0 Å². The van der Waals surface area contributed by atoms with Gasteiger partial charge in [-0.05, 0) is 137 Å². The average Bonchev–Trinajstić information content (AvgIpc) is 0.821. The number of nitrogens with zero attached hydrogens (tertiary/aromatic N) is 3. The van der Waals surface area contributed by atoms with Crippen LogP contribution in [-0.2, 0) is 28.6 Å². The number of hydrogen-bond donors (Lipinski definition) is 0. The summed E-state index contributed by atoms with van der Waals surface area (Å²) >= 11 is 0. The summed E-state index contributed by atoms with van der Waals surface area (Å²) in [7, 11) is 0. The lowest BCUT2D eigenvalue weighted by Gasteiger charge is -2.33. The lowest BCUT2D eigenvalue weighted by atomic mass is 9.75. The molecule has 1 fully saturated rings. The minimum atomic E-state index is -0.566. The maximum absolute atomic E-state index is 14.7. The topological polar surface area (TPSA) is 88.6 Å². The molecule has 0 bridgehead atoms. The highest BCUT2D eigenvalue weighted by atomic mass is 16.6. The van der Waals surface area contributed by atoms with Crippen molar-refractivity contribution in [3.8, 4) is 0 Å². The van der Waals surface area contributed by atoms with Crippen LogP contribution in [0.1, 0.15) is 563 Å². The van der Waals surface area contributed by atoms with Gasteiger partial charge < -0.3 is 28.9 Å². The van der Waals surface area contributed by atoms with E-state index in [1.165, 1.54) is 462 Å². The maximum atomic E-state index is 14.7. The number of esters is 3. The highest BCUT2D eigenvalue weighted by Gasteiger charge is 2.42. The lowest BCUT2D eigenvalue weighted by Crippen LogP contribution is -2.39. The molecule has 1 aliphatic rings. The molecular weight excluding hydrogens is 1400 g/mol. The molecule has 0 aromatic heterocycles. The molecule has 1 saturated carbocycles. The first kappa shape index (κ1) is 110. The van der Waals surface area contributed by atoms with Crippen LogP contribution >= 0.6 is 0 Å². The van der Waals surface area contributed by atoms with E-state index in [4.69, 9.17) is 14.2 Å². The van der Waals surface area contributed by atoms with Crippen LogP contribution < -0.4 is 0 Å². The SMILES string of the molecule is CCCCCCCCCCCCCCN(CCCCCCCCCCCCCC)CCC(C)OC(=O)C1CC(C(=O)OC(C)CCN(CCCCCCCCCCCCCC)CCCCCCCCCCCCCC)CC(C(=O)OC(C)CCN(CCCCCCCCCCCCCC)CCCCCCCCCCCCCC)C1. The normalized spacial score (nSPS) is 15.4. The highest BCUT2D eigenvalue weighted by molar-refractivity contribution is 5.80. The fraction of sp³-hybridized carbons (Fsp3) is 0.971. The third-order valence-corrected chi connectivity index (χ3v) is 26.2. The summed E-state index contributed by atoms with van der Waals surface area (Å²) in [5.41, 5.74) is 0. The Kier molecular flexibility index (Phi) is 84.8. The summed E-state index contributed by atoms with van der Waals surface area (Å²) in [5.74, 6) is -2.48. The zero-order chi connectivity index (χ0) is 82.6. The first-order valence-electron chi connectivity index (χ1n) is 52.8. The van der Waals surface area contributed by atoms with Crippen molar-refractivity contribution in [2.45, 2.75) is 581 Å². The van der Waals surface area contributed by atoms with Crippen LogP contribution in [0.4, 0.5) is 0 Å². The van der Waals surface area contributed by atoms with Gasteiger partial charge in [0, 0.05) is 19.6 Å². The van der Waals surface area contributed by atoms with E-state index in [2.05, 4.69) is 77.0 Å². The molecule has 0 N–H and O–H groups in total. The first-order valence-corrected chi connectivity index (χ1v) is 52.8. The summed E-state index contributed by atoms with van der Waals surface area (Å²) in [5, 5.41) is 0. The number of rotatable bonds is 93. The van der Waals surface area contributed by atoms with Crippen molar-refractivity contribution in [1.82, 2.24) is 14.7 Å². The van der Waals surface area contributed by atoms with E-state index in [1.54, 1.807) is 0 Å². The molecule has 9 heteroatoms. The molecule has 3 unspecified atom stereocenters. The molecule has 0 aliphatic heterocycles. The Morgan fingerprint density at radius 1 is 0.193 bits per heavy atom. The molecule has 9 nitrogen and oxygen atoms in total. The van der Waals surface area contributed by atoms with Gasteiger partial charge in [0.15, 0.2) is 0 Å². The van der Waals surface area contributed by atoms with E-state index in [9.17, 15) is 14.4 Å². The minimum absolute atomic E-state index is 0.259. The van der Waals surface area contributed by atoms with Gasteiger partial charge in [-0.2, -0.15) is 0 Å². The maximum Gasteiger partial charge on any atom is 0.309 e. The smallest absolute Gasteiger partial charge is 0.309 e. The molecule has 0 aromatic carbocycles. The van der Waals surface area contributed by atoms with Crippen LogP contribution in [0.5, 0.6) is 0 Å². The molecule has 0 heterocycles. The van der Waals surface area contributed by atoms with Crippen molar-refractivity contribution < 1.29 is 28.6 Å². The van der Waals surface area contributed by atoms with Gasteiger partial charge >= 0.3 is 17.9 Å². The monoisotopic (exact) mass is 1610 g/mol. The highest BCUT2D eigenvalue weighted by Crippen LogP contribution is 2.37. The van der Waals surface area contributed by atoms with E-state index >= 15 is 0 Å². The Labute approximate surface area is 715 Å². The Morgan fingerprint density at radius 2 is 0.307 bits per heavy atom. The summed E-state index contributed by atoms with van der Waals surface area (Å²) in [6.07, 6.45) is 100. The van der Waals surface area contributed by atoms with Crippen molar-refractivity contribution in [3.63, 3.8) is 0 Å². The Morgan fingerprint density at radius 3 is 0.430 bits per heavy atom. The predicted molar refractivity (Wildman–Crippen MR) is 501 cm³/mol. The second-order valence-corrected chi connectivity index (χ2v) is 37.8. The Bertz CT molecular complexity index is 1650. The van der Waals surface area contributed by atoms with Crippen LogP contribution in [-0.4, -0.2) is 110 Å². The van der Waals surface area contributed by atoms with Gasteiger partial charge in [-0.1, -0.05) is 465 Å². The van der Waals surface area contributed by atoms with Crippen molar-refractivity contribution in [3.05, 3.63) is 0 Å². The summed E-state index contributed by atoms with van der Waals surface area (Å²) in [6, 6.07) is 0. The van der Waals surface area contributed by atoms with Gasteiger partial charge in [-0.15, -0.1) is 0 Å². The van der Waals surface area contributed by atoms with Crippen molar-refractivity contribution >= 4 is 17.9 Å². The molecule has 1 aliphatic carbocycles. The second kappa shape index (κ2) is 87.6. The van der Waals surface area contributed by atoms with Gasteiger partial charge in [-0.25, -0.2) is 0 Å². The Hall–Kier alpha value is -1.71. The zero-order valence-electron chi connectivity index (χ0n) is 79.3. The van der Waals surface area contributed by atoms with Gasteiger partial charge in [-0.3, -0.25) is 14.4 Å². The van der Waals surface area contributed by atoms with Crippen molar-refractivity contribution in [1.29, 1.82) is 0 Å². The summed E-state index contributed by atoms with van der Waals surface area (Å²) < 4.78 is 19.4. The number of carbonyl (C=O) groups is 3. The van der Waals surface area contributed by atoms with Crippen LogP contribution in [0, 0.1) is 17.8 Å². The van der Waals surface area contributed by atoms with Gasteiger partial charge in [0.05, 0.1) is 17.8 Å². The van der Waals surface area contributed by atoms with Gasteiger partial charge in [0.2, 0.25) is 0 Å². The molecule has 0 amide bonds. The second-order valence-electron chi connectivity index (χ2n) is 37.8. The van der Waals surface area contributed by atoms with E-state index < -0.39 is 17.8 Å². The molecule has 0 aromatic rings. The standard InChI is InChI=1S/C105H207N3O6/c1-10-16-22-28-34-40-46-52-58-64-70-76-85-106(86-77-71-65-59-53-47-41-35-29-23-17-11-2)91-82-97(7)112-103(109)100-94-101(104(110)113-98(8)83-92-107(87-78-72-66-60-54-48-42-36-30-24-18-12-3)88-79-73-67-61-55-49-43-37-31-25-19-13-4)96-102(95-100)105(111)114-99(9)84-93-108(89-80-74-68-62-56-50-44-38-32-26-20-14-5)90-81-75-69-63-57-51-45-39-33-27-21-15-6/h97-102H,10-96H2,1-9H3. The van der Waals surface area contributed by atoms with Crippen molar-refractivity contribution in [2.24, 2.45) is 17.8 Å². The number of ether oxygens (including phenoxy) is 3. The van der Waals surface area contributed by atoms with Crippen LogP contribution in [0.2, 0.25) is 0 Å². The van der Waals surface area contributed by atoms with Crippen LogP contribution in [0.15, 0.2) is 0 Å². The lowest BCUT2D eigenvalue weighted by molar-refractivity contribution is -0.166. The van der Waals surface area contributed by atoms with Gasteiger partial charge in [0.25, 0.3) is 0 Å². The fourth-order valence-corrected chi connectivity index (χ4v) is 18.1. The van der Waals surface area contributed by atoms with E-state index in [-0.39, 0.29) is 36.2 Å². The largest absolute Gasteiger partial charge is 0.462 e. The number of carbonyl (C=O) groups excluding carboxylic acids is 3. The average molecular weight is 1610 g/mol. The Balaban J connectivity index is 3.28. The molecular formula is C105H207N3O6. The summed E-state index contributed by atoms with van der Waals surface area (Å²) in [6.45, 7) is 29.5. The zero-order valence-corrected chi connectivity index (χ0v) is 79.3. The first-order chi connectivity index (χ1) is 56.0. The molecule has 3 atom stereocenters. The van der Waals surface area contributed by atoms with Crippen LogP contribution in [0.3, 0.4) is 0 Å². The molecule has 678 valence electrons.